The summed E-state index contributed by atoms with van der Waals surface area (Å²) in [5.41, 5.74) is 6.61. The average Bonchev–Trinajstić information content (AvgIpc) is 3.19. The van der Waals surface area contributed by atoms with Crippen LogP contribution in [0.5, 0.6) is 0 Å². The van der Waals surface area contributed by atoms with E-state index in [0.29, 0.717) is 5.54 Å². The van der Waals surface area contributed by atoms with Gasteiger partial charge in [0.15, 0.2) is 0 Å². The monoisotopic (exact) mass is 252 g/mol. The van der Waals surface area contributed by atoms with Crippen LogP contribution in [-0.2, 0) is 0 Å². The van der Waals surface area contributed by atoms with Crippen LogP contribution in [0, 0.1) is 17.8 Å². The molecule has 0 spiro atoms. The van der Waals surface area contributed by atoms with Crippen molar-refractivity contribution in [2.24, 2.45) is 23.5 Å². The van der Waals surface area contributed by atoms with Crippen molar-refractivity contribution in [2.45, 2.75) is 64.8 Å². The Labute approximate surface area is 113 Å². The molecule has 2 unspecified atom stereocenters. The van der Waals surface area contributed by atoms with Gasteiger partial charge in [-0.2, -0.15) is 0 Å². The molecule has 0 amide bonds. The summed E-state index contributed by atoms with van der Waals surface area (Å²) in [6.45, 7) is 10.5. The summed E-state index contributed by atoms with van der Waals surface area (Å²) >= 11 is 0. The van der Waals surface area contributed by atoms with Crippen molar-refractivity contribution in [1.82, 2.24) is 4.90 Å². The smallest absolute Gasteiger partial charge is 0.0362 e. The standard InChI is InChI=1S/C16H32N2/c1-4-18(11-14-8-9-14)16(12-17)10-6-5-7-15(16)13(2)3/h13-15H,4-12,17H2,1-3H3. The van der Waals surface area contributed by atoms with Crippen LogP contribution in [0.2, 0.25) is 0 Å². The maximum Gasteiger partial charge on any atom is 0.0362 e. The van der Waals surface area contributed by atoms with Gasteiger partial charge in [-0.15, -0.1) is 0 Å². The fourth-order valence-corrected chi connectivity index (χ4v) is 4.22. The van der Waals surface area contributed by atoms with Gasteiger partial charge in [-0.3, -0.25) is 4.90 Å². The average molecular weight is 252 g/mol. The summed E-state index contributed by atoms with van der Waals surface area (Å²) in [4.78, 5) is 2.76. The second-order valence-corrected chi connectivity index (χ2v) is 6.89. The Balaban J connectivity index is 2.17. The van der Waals surface area contributed by atoms with Crippen molar-refractivity contribution in [1.29, 1.82) is 0 Å². The molecule has 0 bridgehead atoms. The van der Waals surface area contributed by atoms with Crippen LogP contribution >= 0.6 is 0 Å². The highest BCUT2D eigenvalue weighted by Crippen LogP contribution is 2.43. The third-order valence-corrected chi connectivity index (χ3v) is 5.41. The molecule has 0 saturated heterocycles. The van der Waals surface area contributed by atoms with Crippen molar-refractivity contribution in [2.75, 3.05) is 19.6 Å². The van der Waals surface area contributed by atoms with Gasteiger partial charge in [0, 0.05) is 18.6 Å². The van der Waals surface area contributed by atoms with E-state index in [0.717, 1.165) is 24.3 Å². The minimum absolute atomic E-state index is 0.309. The molecule has 0 heterocycles. The highest BCUT2D eigenvalue weighted by atomic mass is 15.2. The Morgan fingerprint density at radius 2 is 1.94 bits per heavy atom. The first kappa shape index (κ1) is 14.3. The van der Waals surface area contributed by atoms with E-state index >= 15 is 0 Å². The summed E-state index contributed by atoms with van der Waals surface area (Å²) in [5.74, 6) is 2.54. The van der Waals surface area contributed by atoms with Crippen LogP contribution in [0.4, 0.5) is 0 Å². The Hall–Kier alpha value is -0.0800. The minimum Gasteiger partial charge on any atom is -0.329 e. The molecule has 0 radical (unpaired) electrons. The molecule has 2 rings (SSSR count). The molecule has 0 aromatic heterocycles. The highest BCUT2D eigenvalue weighted by Gasteiger charge is 2.45. The first-order valence-corrected chi connectivity index (χ1v) is 8.09. The summed E-state index contributed by atoms with van der Waals surface area (Å²) < 4.78 is 0. The largest absolute Gasteiger partial charge is 0.329 e. The molecule has 2 atom stereocenters. The molecule has 2 aliphatic carbocycles. The number of nitrogens with zero attached hydrogens (tertiary/aromatic N) is 1. The Kier molecular flexibility index (Phi) is 4.71. The molecule has 0 aliphatic heterocycles. The van der Waals surface area contributed by atoms with Crippen molar-refractivity contribution >= 4 is 0 Å². The number of hydrogen-bond acceptors (Lipinski definition) is 2. The van der Waals surface area contributed by atoms with Gasteiger partial charge in [-0.1, -0.05) is 33.6 Å². The summed E-state index contributed by atoms with van der Waals surface area (Å²) in [6.07, 6.45) is 8.39. The van der Waals surface area contributed by atoms with Crippen molar-refractivity contribution in [3.8, 4) is 0 Å². The zero-order valence-corrected chi connectivity index (χ0v) is 12.6. The third-order valence-electron chi connectivity index (χ3n) is 5.41. The lowest BCUT2D eigenvalue weighted by atomic mass is 9.66. The molecule has 106 valence electrons. The van der Waals surface area contributed by atoms with E-state index in [1.54, 1.807) is 0 Å². The molecule has 2 N–H and O–H groups in total. The van der Waals surface area contributed by atoms with Gasteiger partial charge in [-0.05, 0) is 50.0 Å². The Bertz CT molecular complexity index is 260. The van der Waals surface area contributed by atoms with Crippen LogP contribution in [0.25, 0.3) is 0 Å². The number of hydrogen-bond donors (Lipinski definition) is 1. The van der Waals surface area contributed by atoms with Gasteiger partial charge < -0.3 is 5.73 Å². The summed E-state index contributed by atoms with van der Waals surface area (Å²) in [7, 11) is 0. The number of nitrogens with two attached hydrogens (primary N) is 1. The Morgan fingerprint density at radius 3 is 2.44 bits per heavy atom. The van der Waals surface area contributed by atoms with Crippen LogP contribution in [0.3, 0.4) is 0 Å². The summed E-state index contributed by atoms with van der Waals surface area (Å²) in [5, 5.41) is 0. The maximum absolute atomic E-state index is 6.30. The summed E-state index contributed by atoms with van der Waals surface area (Å²) in [6, 6.07) is 0. The van der Waals surface area contributed by atoms with Crippen LogP contribution in [0.15, 0.2) is 0 Å². The molecule has 2 aliphatic rings. The molecule has 2 heteroatoms. The number of rotatable bonds is 6. The lowest BCUT2D eigenvalue weighted by Crippen LogP contribution is -2.61. The van der Waals surface area contributed by atoms with E-state index in [2.05, 4.69) is 25.7 Å². The fourth-order valence-electron chi connectivity index (χ4n) is 4.22. The molecular formula is C16H32N2. The molecule has 2 fully saturated rings. The van der Waals surface area contributed by atoms with Crippen molar-refractivity contribution in [3.05, 3.63) is 0 Å². The van der Waals surface area contributed by atoms with Crippen molar-refractivity contribution in [3.63, 3.8) is 0 Å². The highest BCUT2D eigenvalue weighted by molar-refractivity contribution is 5.01. The molecular weight excluding hydrogens is 220 g/mol. The minimum atomic E-state index is 0.309. The van der Waals surface area contributed by atoms with Gasteiger partial charge in [-0.25, -0.2) is 0 Å². The van der Waals surface area contributed by atoms with Gasteiger partial charge in [0.1, 0.15) is 0 Å². The van der Waals surface area contributed by atoms with E-state index in [4.69, 9.17) is 5.73 Å². The Morgan fingerprint density at radius 1 is 1.22 bits per heavy atom. The van der Waals surface area contributed by atoms with Crippen LogP contribution < -0.4 is 5.73 Å². The van der Waals surface area contributed by atoms with Crippen LogP contribution in [-0.4, -0.2) is 30.1 Å². The van der Waals surface area contributed by atoms with Gasteiger partial charge in [0.25, 0.3) is 0 Å². The third kappa shape index (κ3) is 2.75. The van der Waals surface area contributed by atoms with E-state index in [1.165, 1.54) is 51.6 Å². The topological polar surface area (TPSA) is 29.3 Å². The second-order valence-electron chi connectivity index (χ2n) is 6.89. The second kappa shape index (κ2) is 5.92. The van der Waals surface area contributed by atoms with Gasteiger partial charge in [0.05, 0.1) is 0 Å². The van der Waals surface area contributed by atoms with Crippen LogP contribution in [0.1, 0.15) is 59.3 Å². The molecule has 0 aromatic carbocycles. The zero-order valence-electron chi connectivity index (χ0n) is 12.6. The number of likely N-dealkylation sites (N-methyl/N-ethyl adjacent to an activating group) is 1. The van der Waals surface area contributed by atoms with E-state index in [9.17, 15) is 0 Å². The maximum atomic E-state index is 6.30. The normalized spacial score (nSPS) is 33.3. The molecule has 18 heavy (non-hydrogen) atoms. The van der Waals surface area contributed by atoms with Gasteiger partial charge in [0.2, 0.25) is 0 Å². The predicted molar refractivity (Wildman–Crippen MR) is 78.6 cm³/mol. The van der Waals surface area contributed by atoms with Gasteiger partial charge >= 0.3 is 0 Å². The van der Waals surface area contributed by atoms with Crippen molar-refractivity contribution < 1.29 is 0 Å². The quantitative estimate of drug-likeness (QED) is 0.786. The SMILES string of the molecule is CCN(CC1CC1)C1(CN)CCCCC1C(C)C. The van der Waals surface area contributed by atoms with E-state index in [-0.39, 0.29) is 0 Å². The zero-order chi connectivity index (χ0) is 13.2. The van der Waals surface area contributed by atoms with E-state index < -0.39 is 0 Å². The fraction of sp³-hybridized carbons (Fsp3) is 1.00. The lowest BCUT2D eigenvalue weighted by Gasteiger charge is -2.52. The lowest BCUT2D eigenvalue weighted by molar-refractivity contribution is -0.0136. The molecule has 2 saturated carbocycles. The first-order chi connectivity index (χ1) is 8.64. The predicted octanol–water partition coefficient (Wildman–Crippen LogP) is 3.26. The molecule has 0 aromatic rings. The molecule has 2 nitrogen and oxygen atoms in total. The van der Waals surface area contributed by atoms with E-state index in [1.807, 2.05) is 0 Å². The first-order valence-electron chi connectivity index (χ1n) is 8.09.